The van der Waals surface area contributed by atoms with Crippen LogP contribution in [0.5, 0.6) is 0 Å². The SMILES string of the molecule is CC(C)(C)OC(=O)N1CCC(C(=O)Nc2nc(-c3ccc(F)cc3)cs2)CC1. The number of rotatable bonds is 3. The zero-order valence-electron chi connectivity index (χ0n) is 16.2. The second-order valence-electron chi connectivity index (χ2n) is 7.78. The van der Waals surface area contributed by atoms with Crippen LogP contribution < -0.4 is 5.32 Å². The molecule has 1 N–H and O–H groups in total. The molecule has 1 aliphatic rings. The van der Waals surface area contributed by atoms with Crippen LogP contribution in [-0.4, -0.2) is 40.6 Å². The molecular weight excluding hydrogens is 381 g/mol. The summed E-state index contributed by atoms with van der Waals surface area (Å²) >= 11 is 1.33. The molecule has 1 fully saturated rings. The number of benzene rings is 1. The van der Waals surface area contributed by atoms with E-state index in [9.17, 15) is 14.0 Å². The van der Waals surface area contributed by atoms with Gasteiger partial charge in [-0.1, -0.05) is 0 Å². The maximum Gasteiger partial charge on any atom is 0.410 e. The second kappa shape index (κ2) is 8.26. The van der Waals surface area contributed by atoms with E-state index in [4.69, 9.17) is 4.74 Å². The van der Waals surface area contributed by atoms with E-state index in [0.717, 1.165) is 5.56 Å². The molecule has 6 nitrogen and oxygen atoms in total. The van der Waals surface area contributed by atoms with Gasteiger partial charge in [0, 0.05) is 30.0 Å². The van der Waals surface area contributed by atoms with Gasteiger partial charge < -0.3 is 15.0 Å². The standard InChI is InChI=1S/C20H24FN3O3S/c1-20(2,3)27-19(26)24-10-8-14(9-11-24)17(25)23-18-22-16(12-28-18)13-4-6-15(21)7-5-13/h4-7,12,14H,8-11H2,1-3H3,(H,22,23,25). The fraction of sp³-hybridized carbons (Fsp3) is 0.450. The van der Waals surface area contributed by atoms with Crippen molar-refractivity contribution in [3.05, 3.63) is 35.5 Å². The van der Waals surface area contributed by atoms with Gasteiger partial charge in [0.25, 0.3) is 0 Å². The summed E-state index contributed by atoms with van der Waals surface area (Å²) in [6, 6.07) is 6.07. The van der Waals surface area contributed by atoms with Crippen LogP contribution in [0.3, 0.4) is 0 Å². The summed E-state index contributed by atoms with van der Waals surface area (Å²) in [4.78, 5) is 30.7. The smallest absolute Gasteiger partial charge is 0.410 e. The zero-order valence-corrected chi connectivity index (χ0v) is 17.0. The van der Waals surface area contributed by atoms with Gasteiger partial charge in [0.1, 0.15) is 11.4 Å². The van der Waals surface area contributed by atoms with E-state index >= 15 is 0 Å². The lowest BCUT2D eigenvalue weighted by atomic mass is 9.96. The lowest BCUT2D eigenvalue weighted by Crippen LogP contribution is -2.43. The summed E-state index contributed by atoms with van der Waals surface area (Å²) in [6.07, 6.45) is 0.831. The van der Waals surface area contributed by atoms with E-state index in [1.165, 1.54) is 23.5 Å². The second-order valence-corrected chi connectivity index (χ2v) is 8.63. The summed E-state index contributed by atoms with van der Waals surface area (Å²) < 4.78 is 18.4. The number of hydrogen-bond donors (Lipinski definition) is 1. The minimum absolute atomic E-state index is 0.0937. The predicted molar refractivity (Wildman–Crippen MR) is 107 cm³/mol. The van der Waals surface area contributed by atoms with Gasteiger partial charge in [-0.15, -0.1) is 11.3 Å². The van der Waals surface area contributed by atoms with Crippen LogP contribution in [0.15, 0.2) is 29.6 Å². The highest BCUT2D eigenvalue weighted by Crippen LogP contribution is 2.27. The number of anilines is 1. The van der Waals surface area contributed by atoms with Crippen molar-refractivity contribution in [2.75, 3.05) is 18.4 Å². The lowest BCUT2D eigenvalue weighted by Gasteiger charge is -2.32. The minimum Gasteiger partial charge on any atom is -0.444 e. The monoisotopic (exact) mass is 405 g/mol. The molecule has 1 aromatic carbocycles. The first-order valence-corrected chi connectivity index (χ1v) is 10.1. The molecule has 2 aromatic rings. The van der Waals surface area contributed by atoms with E-state index in [1.54, 1.807) is 17.0 Å². The number of nitrogens with one attached hydrogen (secondary N) is 1. The Kier molecular flexibility index (Phi) is 5.98. The van der Waals surface area contributed by atoms with Crippen molar-refractivity contribution >= 4 is 28.5 Å². The molecule has 0 atom stereocenters. The Hall–Kier alpha value is -2.48. The normalized spacial score (nSPS) is 15.4. The van der Waals surface area contributed by atoms with Crippen LogP contribution >= 0.6 is 11.3 Å². The molecule has 0 saturated carbocycles. The molecule has 150 valence electrons. The van der Waals surface area contributed by atoms with Gasteiger partial charge >= 0.3 is 6.09 Å². The molecule has 1 aromatic heterocycles. The third-order valence-corrected chi connectivity index (χ3v) is 5.15. The molecule has 0 aliphatic carbocycles. The van der Waals surface area contributed by atoms with E-state index in [-0.39, 0.29) is 23.7 Å². The first-order valence-electron chi connectivity index (χ1n) is 9.21. The van der Waals surface area contributed by atoms with Gasteiger partial charge in [-0.3, -0.25) is 4.79 Å². The fourth-order valence-corrected chi connectivity index (χ4v) is 3.67. The summed E-state index contributed by atoms with van der Waals surface area (Å²) in [5.74, 6) is -0.564. The molecule has 3 rings (SSSR count). The number of carbonyl (C=O) groups is 2. The van der Waals surface area contributed by atoms with E-state index in [2.05, 4.69) is 10.3 Å². The molecule has 0 spiro atoms. The number of thiazole rings is 1. The highest BCUT2D eigenvalue weighted by molar-refractivity contribution is 7.14. The number of carbonyl (C=O) groups excluding carboxylic acids is 2. The van der Waals surface area contributed by atoms with Gasteiger partial charge in [-0.2, -0.15) is 0 Å². The van der Waals surface area contributed by atoms with E-state index in [1.807, 2.05) is 26.2 Å². The molecule has 1 saturated heterocycles. The van der Waals surface area contributed by atoms with Crippen LogP contribution in [0.2, 0.25) is 0 Å². The van der Waals surface area contributed by atoms with Crippen LogP contribution in [0.1, 0.15) is 33.6 Å². The minimum atomic E-state index is -0.529. The third-order valence-electron chi connectivity index (χ3n) is 4.39. The number of ether oxygens (including phenoxy) is 1. The van der Waals surface area contributed by atoms with Crippen LogP contribution in [0.25, 0.3) is 11.3 Å². The van der Waals surface area contributed by atoms with E-state index in [0.29, 0.717) is 36.8 Å². The number of hydrogen-bond acceptors (Lipinski definition) is 5. The number of aromatic nitrogens is 1. The third kappa shape index (κ3) is 5.28. The topological polar surface area (TPSA) is 71.5 Å². The Morgan fingerprint density at radius 1 is 1.21 bits per heavy atom. The van der Waals surface area contributed by atoms with Crippen molar-refractivity contribution < 1.29 is 18.7 Å². The van der Waals surface area contributed by atoms with Gasteiger partial charge in [0.05, 0.1) is 5.69 Å². The summed E-state index contributed by atoms with van der Waals surface area (Å²) in [7, 11) is 0. The van der Waals surface area contributed by atoms with Gasteiger partial charge in [-0.25, -0.2) is 14.2 Å². The maximum absolute atomic E-state index is 13.0. The van der Waals surface area contributed by atoms with Crippen molar-refractivity contribution in [1.82, 2.24) is 9.88 Å². The highest BCUT2D eigenvalue weighted by Gasteiger charge is 2.30. The lowest BCUT2D eigenvalue weighted by molar-refractivity contribution is -0.121. The van der Waals surface area contributed by atoms with Crippen LogP contribution in [0.4, 0.5) is 14.3 Å². The summed E-state index contributed by atoms with van der Waals surface area (Å²) in [6.45, 7) is 6.48. The summed E-state index contributed by atoms with van der Waals surface area (Å²) in [5, 5.41) is 5.20. The fourth-order valence-electron chi connectivity index (χ4n) is 2.94. The molecular formula is C20H24FN3O3S. The molecule has 0 bridgehead atoms. The Morgan fingerprint density at radius 3 is 2.46 bits per heavy atom. The zero-order chi connectivity index (χ0) is 20.3. The van der Waals surface area contributed by atoms with Gasteiger partial charge in [0.2, 0.25) is 5.91 Å². The predicted octanol–water partition coefficient (Wildman–Crippen LogP) is 4.53. The Balaban J connectivity index is 1.52. The first-order chi connectivity index (χ1) is 13.2. The molecule has 2 amide bonds. The molecule has 0 unspecified atom stereocenters. The van der Waals surface area contributed by atoms with Crippen molar-refractivity contribution in [3.8, 4) is 11.3 Å². The summed E-state index contributed by atoms with van der Waals surface area (Å²) in [5.41, 5.74) is 0.960. The van der Waals surface area contributed by atoms with Crippen molar-refractivity contribution in [1.29, 1.82) is 0 Å². The first kappa shape index (κ1) is 20.3. The highest BCUT2D eigenvalue weighted by atomic mass is 32.1. The number of amides is 2. The molecule has 8 heteroatoms. The largest absolute Gasteiger partial charge is 0.444 e. The average Bonchev–Trinajstić information content (AvgIpc) is 3.09. The number of halogens is 1. The van der Waals surface area contributed by atoms with Gasteiger partial charge in [-0.05, 0) is 57.9 Å². The number of likely N-dealkylation sites (tertiary alicyclic amines) is 1. The molecule has 0 radical (unpaired) electrons. The number of nitrogens with zero attached hydrogens (tertiary/aromatic N) is 2. The van der Waals surface area contributed by atoms with Crippen molar-refractivity contribution in [2.45, 2.75) is 39.2 Å². The quantitative estimate of drug-likeness (QED) is 0.814. The molecule has 28 heavy (non-hydrogen) atoms. The van der Waals surface area contributed by atoms with Crippen molar-refractivity contribution in [3.63, 3.8) is 0 Å². The average molecular weight is 405 g/mol. The van der Waals surface area contributed by atoms with Crippen LogP contribution in [-0.2, 0) is 9.53 Å². The molecule has 2 heterocycles. The number of piperidine rings is 1. The Morgan fingerprint density at radius 2 is 1.86 bits per heavy atom. The Bertz CT molecular complexity index is 837. The van der Waals surface area contributed by atoms with Crippen molar-refractivity contribution in [2.24, 2.45) is 5.92 Å². The maximum atomic E-state index is 13.0. The van der Waals surface area contributed by atoms with E-state index < -0.39 is 5.60 Å². The Labute approximate surface area is 167 Å². The van der Waals surface area contributed by atoms with Gasteiger partial charge in [0.15, 0.2) is 5.13 Å². The molecule has 1 aliphatic heterocycles. The van der Waals surface area contributed by atoms with Crippen LogP contribution in [0, 0.1) is 11.7 Å².